The van der Waals surface area contributed by atoms with Gasteiger partial charge in [0.15, 0.2) is 5.69 Å². The smallest absolute Gasteiger partial charge is 0.356 e. The fourth-order valence-electron chi connectivity index (χ4n) is 4.34. The Kier molecular flexibility index (Phi) is 4.44. The second-order valence-corrected chi connectivity index (χ2v) is 7.48. The van der Waals surface area contributed by atoms with Gasteiger partial charge in [0.1, 0.15) is 0 Å². The van der Waals surface area contributed by atoms with E-state index in [1.807, 2.05) is 7.05 Å². The van der Waals surface area contributed by atoms with Crippen molar-refractivity contribution < 1.29 is 9.90 Å². The number of fused-ring (bicyclic) bond motifs is 1. The summed E-state index contributed by atoms with van der Waals surface area (Å²) in [6.45, 7) is 5.91. The van der Waals surface area contributed by atoms with E-state index in [1.165, 1.54) is 11.3 Å². The zero-order valence-electron chi connectivity index (χ0n) is 15.5. The minimum atomic E-state index is -0.919. The van der Waals surface area contributed by atoms with Crippen LogP contribution in [0.2, 0.25) is 0 Å². The van der Waals surface area contributed by atoms with E-state index in [4.69, 9.17) is 0 Å². The summed E-state index contributed by atoms with van der Waals surface area (Å²) >= 11 is 0. The molecule has 0 aliphatic carbocycles. The van der Waals surface area contributed by atoms with Gasteiger partial charge in [0.25, 0.3) is 0 Å². The number of anilines is 1. The van der Waals surface area contributed by atoms with E-state index >= 15 is 0 Å². The number of carboxylic acids is 1. The van der Waals surface area contributed by atoms with Crippen molar-refractivity contribution in [2.45, 2.75) is 38.8 Å². The fourth-order valence-corrected chi connectivity index (χ4v) is 4.34. The molecule has 6 nitrogen and oxygen atoms in total. The minimum Gasteiger partial charge on any atom is -0.476 e. The molecule has 1 aromatic heterocycles. The molecule has 4 rings (SSSR count). The number of nitrogens with zero attached hydrogens (tertiary/aromatic N) is 4. The normalized spacial score (nSPS) is 18.8. The van der Waals surface area contributed by atoms with Gasteiger partial charge in [0.2, 0.25) is 0 Å². The molecule has 1 fully saturated rings. The predicted molar refractivity (Wildman–Crippen MR) is 101 cm³/mol. The molecule has 1 aromatic carbocycles. The van der Waals surface area contributed by atoms with Crippen molar-refractivity contribution in [3.8, 4) is 0 Å². The molecular formula is C20H26N4O2. The second kappa shape index (κ2) is 6.76. The lowest BCUT2D eigenvalue weighted by atomic mass is 9.97. The Morgan fingerprint density at radius 2 is 1.85 bits per heavy atom. The Morgan fingerprint density at radius 1 is 1.15 bits per heavy atom. The molecular weight excluding hydrogens is 328 g/mol. The second-order valence-electron chi connectivity index (χ2n) is 7.48. The molecule has 138 valence electrons. The molecule has 2 aliphatic rings. The van der Waals surface area contributed by atoms with Crippen LogP contribution in [0.4, 0.5) is 5.69 Å². The third-order valence-corrected chi connectivity index (χ3v) is 5.85. The van der Waals surface area contributed by atoms with Crippen molar-refractivity contribution in [2.75, 3.05) is 24.5 Å². The van der Waals surface area contributed by atoms with Crippen molar-refractivity contribution in [1.29, 1.82) is 0 Å². The molecule has 0 saturated carbocycles. The molecule has 0 amide bonds. The SMILES string of the molecule is Cc1ccc(N2CCC(N3CCc4c(c(C(=O)O)nn4C)C3)CC2)cc1. The van der Waals surface area contributed by atoms with Gasteiger partial charge in [-0.05, 0) is 31.9 Å². The molecule has 26 heavy (non-hydrogen) atoms. The molecule has 3 heterocycles. The number of hydrogen-bond donors (Lipinski definition) is 1. The maximum absolute atomic E-state index is 11.5. The first-order chi connectivity index (χ1) is 12.5. The first kappa shape index (κ1) is 17.1. The van der Waals surface area contributed by atoms with Gasteiger partial charge in [-0.1, -0.05) is 17.7 Å². The van der Waals surface area contributed by atoms with E-state index in [-0.39, 0.29) is 5.69 Å². The summed E-state index contributed by atoms with van der Waals surface area (Å²) < 4.78 is 1.75. The van der Waals surface area contributed by atoms with E-state index in [1.54, 1.807) is 4.68 Å². The zero-order valence-corrected chi connectivity index (χ0v) is 15.5. The average Bonchev–Trinajstić information content (AvgIpc) is 2.99. The largest absolute Gasteiger partial charge is 0.476 e. The average molecular weight is 354 g/mol. The Morgan fingerprint density at radius 3 is 2.50 bits per heavy atom. The molecule has 6 heteroatoms. The maximum Gasteiger partial charge on any atom is 0.356 e. The molecule has 0 unspecified atom stereocenters. The van der Waals surface area contributed by atoms with Crippen LogP contribution in [0.15, 0.2) is 24.3 Å². The number of carbonyl (C=O) groups is 1. The molecule has 0 bridgehead atoms. The highest BCUT2D eigenvalue weighted by Crippen LogP contribution is 2.28. The lowest BCUT2D eigenvalue weighted by molar-refractivity contribution is 0.0685. The molecule has 2 aromatic rings. The summed E-state index contributed by atoms with van der Waals surface area (Å²) in [4.78, 5) is 16.4. The number of hydrogen-bond acceptors (Lipinski definition) is 4. The van der Waals surface area contributed by atoms with Gasteiger partial charge in [0, 0.05) is 62.6 Å². The Balaban J connectivity index is 1.43. The Hall–Kier alpha value is -2.34. The van der Waals surface area contributed by atoms with Crippen molar-refractivity contribution in [3.63, 3.8) is 0 Å². The number of benzene rings is 1. The van der Waals surface area contributed by atoms with Crippen LogP contribution in [0.3, 0.4) is 0 Å². The van der Waals surface area contributed by atoms with E-state index in [0.29, 0.717) is 12.6 Å². The van der Waals surface area contributed by atoms with Crippen molar-refractivity contribution in [2.24, 2.45) is 7.05 Å². The number of rotatable bonds is 3. The first-order valence-electron chi connectivity index (χ1n) is 9.36. The third kappa shape index (κ3) is 3.09. The Labute approximate surface area is 154 Å². The zero-order chi connectivity index (χ0) is 18.3. The van der Waals surface area contributed by atoms with Crippen LogP contribution >= 0.6 is 0 Å². The van der Waals surface area contributed by atoms with Gasteiger partial charge in [-0.15, -0.1) is 0 Å². The van der Waals surface area contributed by atoms with E-state index in [9.17, 15) is 9.90 Å². The van der Waals surface area contributed by atoms with Crippen LogP contribution < -0.4 is 4.90 Å². The number of aryl methyl sites for hydroxylation is 2. The van der Waals surface area contributed by atoms with Gasteiger partial charge in [-0.25, -0.2) is 4.79 Å². The highest BCUT2D eigenvalue weighted by Gasteiger charge is 2.32. The number of aromatic nitrogens is 2. The van der Waals surface area contributed by atoms with Crippen LogP contribution in [-0.2, 0) is 20.0 Å². The van der Waals surface area contributed by atoms with Crippen LogP contribution in [0.5, 0.6) is 0 Å². The summed E-state index contributed by atoms with van der Waals surface area (Å²) in [5.41, 5.74) is 4.81. The van der Waals surface area contributed by atoms with Crippen molar-refractivity contribution >= 4 is 11.7 Å². The van der Waals surface area contributed by atoms with Gasteiger partial charge in [0.05, 0.1) is 0 Å². The van der Waals surface area contributed by atoms with E-state index < -0.39 is 5.97 Å². The molecule has 0 atom stereocenters. The van der Waals surface area contributed by atoms with Gasteiger partial charge < -0.3 is 10.0 Å². The quantitative estimate of drug-likeness (QED) is 0.917. The third-order valence-electron chi connectivity index (χ3n) is 5.85. The predicted octanol–water partition coefficient (Wildman–Crippen LogP) is 2.45. The number of piperidine rings is 1. The van der Waals surface area contributed by atoms with Crippen LogP contribution in [-0.4, -0.2) is 51.4 Å². The van der Waals surface area contributed by atoms with Gasteiger partial charge in [-0.3, -0.25) is 9.58 Å². The first-order valence-corrected chi connectivity index (χ1v) is 9.36. The highest BCUT2D eigenvalue weighted by molar-refractivity contribution is 5.87. The topological polar surface area (TPSA) is 61.6 Å². The molecule has 0 spiro atoms. The molecule has 2 aliphatic heterocycles. The van der Waals surface area contributed by atoms with E-state index in [2.05, 4.69) is 46.1 Å². The van der Waals surface area contributed by atoms with E-state index in [0.717, 1.165) is 50.2 Å². The van der Waals surface area contributed by atoms with Crippen LogP contribution in [0.25, 0.3) is 0 Å². The summed E-state index contributed by atoms with van der Waals surface area (Å²) in [5.74, 6) is -0.919. The lowest BCUT2D eigenvalue weighted by Crippen LogP contribution is -2.46. The highest BCUT2D eigenvalue weighted by atomic mass is 16.4. The summed E-state index contributed by atoms with van der Waals surface area (Å²) in [5, 5.41) is 13.6. The van der Waals surface area contributed by atoms with Crippen molar-refractivity contribution in [3.05, 3.63) is 46.8 Å². The van der Waals surface area contributed by atoms with Crippen molar-refractivity contribution in [1.82, 2.24) is 14.7 Å². The van der Waals surface area contributed by atoms with Crippen LogP contribution in [0, 0.1) is 6.92 Å². The lowest BCUT2D eigenvalue weighted by Gasteiger charge is -2.41. The summed E-state index contributed by atoms with van der Waals surface area (Å²) in [6, 6.07) is 9.27. The molecule has 0 radical (unpaired) electrons. The van der Waals surface area contributed by atoms with Crippen LogP contribution in [0.1, 0.15) is 40.2 Å². The summed E-state index contributed by atoms with van der Waals surface area (Å²) in [6.07, 6.45) is 3.11. The minimum absolute atomic E-state index is 0.226. The molecule has 1 N–H and O–H groups in total. The molecule has 1 saturated heterocycles. The monoisotopic (exact) mass is 354 g/mol. The maximum atomic E-state index is 11.5. The number of aromatic carboxylic acids is 1. The van der Waals surface area contributed by atoms with Gasteiger partial charge in [-0.2, -0.15) is 5.10 Å². The van der Waals surface area contributed by atoms with Gasteiger partial charge >= 0.3 is 5.97 Å². The summed E-state index contributed by atoms with van der Waals surface area (Å²) in [7, 11) is 1.85. The number of carboxylic acid groups (broad SMARTS) is 1. The fraction of sp³-hybridized carbons (Fsp3) is 0.500. The standard InChI is InChI=1S/C20H26N4O2/c1-14-3-5-15(6-4-14)23-10-7-16(8-11-23)24-12-9-18-17(13-24)19(20(25)26)21-22(18)2/h3-6,16H,7-13H2,1-2H3,(H,25,26). The Bertz CT molecular complexity index is 804.